The summed E-state index contributed by atoms with van der Waals surface area (Å²) in [7, 11) is 0. The minimum atomic E-state index is -0.278. The van der Waals surface area contributed by atoms with Gasteiger partial charge >= 0.3 is 0 Å². The Kier molecular flexibility index (Phi) is 6.09. The van der Waals surface area contributed by atoms with Crippen molar-refractivity contribution in [1.82, 2.24) is 30.1 Å². The first-order chi connectivity index (χ1) is 18.6. The van der Waals surface area contributed by atoms with E-state index in [9.17, 15) is 9.18 Å². The first kappa shape index (κ1) is 23.5. The van der Waals surface area contributed by atoms with E-state index in [4.69, 9.17) is 0 Å². The number of aromatic amines is 2. The van der Waals surface area contributed by atoms with Crippen molar-refractivity contribution in [3.05, 3.63) is 79.1 Å². The zero-order chi connectivity index (χ0) is 26.1. The third-order valence-electron chi connectivity index (χ3n) is 6.47. The molecule has 3 N–H and O–H groups in total. The molecule has 188 valence electrons. The number of halogens is 1. The average Bonchev–Trinajstić information content (AvgIpc) is 3.56. The predicted octanol–water partition coefficient (Wildman–Crippen LogP) is 6.50. The number of anilines is 1. The molecule has 38 heavy (non-hydrogen) atoms. The summed E-state index contributed by atoms with van der Waals surface area (Å²) in [4.78, 5) is 28.9. The first-order valence-electron chi connectivity index (χ1n) is 12.4. The SMILES string of the molecule is CCCCC(=O)Nc1cncc(-c2cnc3[nH]nc(-c4cc5c(-c6ccc(F)cc6)ccnc5[nH]4)c3c2)c1. The summed E-state index contributed by atoms with van der Waals surface area (Å²) in [5.41, 5.74) is 7.00. The highest BCUT2D eigenvalue weighted by Gasteiger charge is 2.16. The number of aromatic nitrogens is 6. The molecule has 0 unspecified atom stereocenters. The summed E-state index contributed by atoms with van der Waals surface area (Å²) in [5, 5.41) is 12.2. The summed E-state index contributed by atoms with van der Waals surface area (Å²) in [6, 6.07) is 14.2. The average molecular weight is 506 g/mol. The molecule has 0 aliphatic heterocycles. The fourth-order valence-electron chi connectivity index (χ4n) is 4.53. The molecule has 1 aromatic carbocycles. The maximum Gasteiger partial charge on any atom is 0.224 e. The van der Waals surface area contributed by atoms with Gasteiger partial charge in [0.25, 0.3) is 0 Å². The van der Waals surface area contributed by atoms with Crippen LogP contribution in [0.15, 0.2) is 73.3 Å². The molecule has 6 aromatic rings. The van der Waals surface area contributed by atoms with Gasteiger partial charge in [0.1, 0.15) is 17.2 Å². The number of carbonyl (C=O) groups is 1. The summed E-state index contributed by atoms with van der Waals surface area (Å²) >= 11 is 0. The summed E-state index contributed by atoms with van der Waals surface area (Å²) in [6.07, 6.45) is 9.15. The molecule has 5 aromatic heterocycles. The largest absolute Gasteiger partial charge is 0.338 e. The van der Waals surface area contributed by atoms with Gasteiger partial charge in [-0.15, -0.1) is 0 Å². The lowest BCUT2D eigenvalue weighted by molar-refractivity contribution is -0.116. The van der Waals surface area contributed by atoms with Gasteiger partial charge in [-0.25, -0.2) is 14.4 Å². The van der Waals surface area contributed by atoms with Crippen LogP contribution in [-0.4, -0.2) is 36.0 Å². The molecule has 0 fully saturated rings. The van der Waals surface area contributed by atoms with E-state index >= 15 is 0 Å². The van der Waals surface area contributed by atoms with Gasteiger partial charge in [0.2, 0.25) is 5.91 Å². The number of nitrogens with one attached hydrogen (secondary N) is 3. The van der Waals surface area contributed by atoms with E-state index in [2.05, 4.69) is 42.4 Å². The van der Waals surface area contributed by atoms with Crippen molar-refractivity contribution < 1.29 is 9.18 Å². The standard InChI is InChI=1S/C29H24FN7O/c1-2-3-4-26(38)34-21-11-18(14-31-16-21)19-12-24-27(36-37-29(24)33-15-19)25-13-23-22(9-10-32-28(23)35-25)17-5-7-20(30)8-6-17/h5-16H,2-4H2,1H3,(H,32,35)(H,34,38)(H,33,36,37). The van der Waals surface area contributed by atoms with Gasteiger partial charge in [-0.3, -0.25) is 14.9 Å². The van der Waals surface area contributed by atoms with E-state index < -0.39 is 0 Å². The van der Waals surface area contributed by atoms with Gasteiger partial charge in [-0.1, -0.05) is 25.5 Å². The Labute approximate surface area is 217 Å². The first-order valence-corrected chi connectivity index (χ1v) is 12.4. The number of hydrogen-bond acceptors (Lipinski definition) is 5. The number of carbonyl (C=O) groups excluding carboxylic acids is 1. The molecule has 0 radical (unpaired) electrons. The molecule has 5 heterocycles. The molecular formula is C29H24FN7O. The Bertz CT molecular complexity index is 1770. The molecule has 8 nitrogen and oxygen atoms in total. The number of H-pyrrole nitrogens is 2. The second-order valence-electron chi connectivity index (χ2n) is 9.12. The smallest absolute Gasteiger partial charge is 0.224 e. The van der Waals surface area contributed by atoms with Crippen LogP contribution < -0.4 is 5.32 Å². The second-order valence-corrected chi connectivity index (χ2v) is 9.12. The number of rotatable bonds is 7. The van der Waals surface area contributed by atoms with Crippen LogP contribution in [0.4, 0.5) is 10.1 Å². The summed E-state index contributed by atoms with van der Waals surface area (Å²) in [5.74, 6) is -0.302. The molecular weight excluding hydrogens is 481 g/mol. The predicted molar refractivity (Wildman–Crippen MR) is 146 cm³/mol. The minimum Gasteiger partial charge on any atom is -0.338 e. The van der Waals surface area contributed by atoms with E-state index in [1.54, 1.807) is 36.9 Å². The van der Waals surface area contributed by atoms with Gasteiger partial charge in [0.05, 0.1) is 17.6 Å². The Morgan fingerprint density at radius 1 is 0.921 bits per heavy atom. The molecule has 0 atom stereocenters. The van der Waals surface area contributed by atoms with E-state index in [0.29, 0.717) is 29.1 Å². The van der Waals surface area contributed by atoms with Crippen LogP contribution in [0.3, 0.4) is 0 Å². The number of fused-ring (bicyclic) bond motifs is 2. The van der Waals surface area contributed by atoms with Crippen LogP contribution in [0.5, 0.6) is 0 Å². The van der Waals surface area contributed by atoms with Crippen LogP contribution in [-0.2, 0) is 4.79 Å². The van der Waals surface area contributed by atoms with E-state index in [1.165, 1.54) is 12.1 Å². The zero-order valence-corrected chi connectivity index (χ0v) is 20.6. The number of pyridine rings is 3. The van der Waals surface area contributed by atoms with Gasteiger partial charge in [-0.05, 0) is 53.9 Å². The maximum atomic E-state index is 13.5. The van der Waals surface area contributed by atoms with Crippen LogP contribution in [0, 0.1) is 5.82 Å². The highest BCUT2D eigenvalue weighted by molar-refractivity contribution is 6.00. The Balaban J connectivity index is 1.37. The third-order valence-corrected chi connectivity index (χ3v) is 6.47. The minimum absolute atomic E-state index is 0.0241. The molecule has 0 spiro atoms. The molecule has 9 heteroatoms. The summed E-state index contributed by atoms with van der Waals surface area (Å²) < 4.78 is 13.5. The topological polar surface area (TPSA) is 112 Å². The lowest BCUT2D eigenvalue weighted by Gasteiger charge is -2.07. The van der Waals surface area contributed by atoms with Crippen LogP contribution in [0.2, 0.25) is 0 Å². The quantitative estimate of drug-likeness (QED) is 0.229. The van der Waals surface area contributed by atoms with E-state index in [0.717, 1.165) is 51.6 Å². The second kappa shape index (κ2) is 9.85. The Hall–Kier alpha value is -4.92. The van der Waals surface area contributed by atoms with Crippen molar-refractivity contribution in [3.63, 3.8) is 0 Å². The maximum absolute atomic E-state index is 13.5. The monoisotopic (exact) mass is 505 g/mol. The Morgan fingerprint density at radius 2 is 1.76 bits per heavy atom. The molecule has 0 saturated heterocycles. The number of amides is 1. The van der Waals surface area contributed by atoms with Crippen molar-refractivity contribution in [2.75, 3.05) is 5.32 Å². The van der Waals surface area contributed by atoms with E-state index in [1.807, 2.05) is 24.3 Å². The van der Waals surface area contributed by atoms with Gasteiger partial charge < -0.3 is 10.3 Å². The van der Waals surface area contributed by atoms with Crippen molar-refractivity contribution in [2.24, 2.45) is 0 Å². The van der Waals surface area contributed by atoms with Crippen molar-refractivity contribution >= 4 is 33.7 Å². The lowest BCUT2D eigenvalue weighted by Crippen LogP contribution is -2.11. The van der Waals surface area contributed by atoms with Crippen LogP contribution in [0.25, 0.3) is 55.7 Å². The fourth-order valence-corrected chi connectivity index (χ4v) is 4.53. The molecule has 1 amide bonds. The number of hydrogen-bond donors (Lipinski definition) is 3. The van der Waals surface area contributed by atoms with Crippen molar-refractivity contribution in [3.8, 4) is 33.6 Å². The molecule has 0 saturated carbocycles. The number of benzene rings is 1. The third kappa shape index (κ3) is 4.50. The van der Waals surface area contributed by atoms with Gasteiger partial charge in [-0.2, -0.15) is 5.10 Å². The van der Waals surface area contributed by atoms with Gasteiger partial charge in [0, 0.05) is 46.9 Å². The summed E-state index contributed by atoms with van der Waals surface area (Å²) in [6.45, 7) is 2.06. The highest BCUT2D eigenvalue weighted by atomic mass is 19.1. The molecule has 0 bridgehead atoms. The van der Waals surface area contributed by atoms with E-state index in [-0.39, 0.29) is 11.7 Å². The van der Waals surface area contributed by atoms with Gasteiger partial charge in [0.15, 0.2) is 5.65 Å². The lowest BCUT2D eigenvalue weighted by atomic mass is 10.0. The number of nitrogens with zero attached hydrogens (tertiary/aromatic N) is 4. The molecule has 6 rings (SSSR count). The Morgan fingerprint density at radius 3 is 2.61 bits per heavy atom. The number of unbranched alkanes of at least 4 members (excludes halogenated alkanes) is 1. The normalized spacial score (nSPS) is 11.3. The van der Waals surface area contributed by atoms with Crippen LogP contribution >= 0.6 is 0 Å². The molecule has 0 aliphatic rings. The van der Waals surface area contributed by atoms with Crippen molar-refractivity contribution in [2.45, 2.75) is 26.2 Å². The van der Waals surface area contributed by atoms with Crippen molar-refractivity contribution in [1.29, 1.82) is 0 Å². The zero-order valence-electron chi connectivity index (χ0n) is 20.6. The molecule has 0 aliphatic carbocycles. The fraction of sp³-hybridized carbons (Fsp3) is 0.138. The van der Waals surface area contributed by atoms with Crippen LogP contribution in [0.1, 0.15) is 26.2 Å². The highest BCUT2D eigenvalue weighted by Crippen LogP contribution is 2.34.